The predicted octanol–water partition coefficient (Wildman–Crippen LogP) is 2.72. The molecule has 2 N–H and O–H groups in total. The number of anilines is 1. The third-order valence-electron chi connectivity index (χ3n) is 2.64. The molecule has 3 heteroatoms. The maximum Gasteiger partial charge on any atom is 0.113 e. The number of nitrogen functional groups attached to an aromatic ring is 1. The van der Waals surface area contributed by atoms with Gasteiger partial charge in [-0.05, 0) is 31.0 Å². The molecule has 3 nitrogen and oxygen atoms in total. The minimum absolute atomic E-state index is 0.793. The van der Waals surface area contributed by atoms with Gasteiger partial charge >= 0.3 is 0 Å². The predicted molar refractivity (Wildman–Crippen MR) is 66.7 cm³/mol. The van der Waals surface area contributed by atoms with Crippen LogP contribution in [0.25, 0.3) is 5.69 Å². The van der Waals surface area contributed by atoms with Crippen LogP contribution in [0.4, 0.5) is 5.69 Å². The lowest BCUT2D eigenvalue weighted by molar-refractivity contribution is 0.810. The van der Waals surface area contributed by atoms with Crippen LogP contribution < -0.4 is 5.73 Å². The Bertz CT molecular complexity index is 486. The topological polar surface area (TPSA) is 43.8 Å². The van der Waals surface area contributed by atoms with Gasteiger partial charge in [0.1, 0.15) is 5.82 Å². The van der Waals surface area contributed by atoms with Crippen LogP contribution in [0.3, 0.4) is 0 Å². The summed E-state index contributed by atoms with van der Waals surface area (Å²) < 4.78 is 2.08. The Hall–Kier alpha value is -1.77. The summed E-state index contributed by atoms with van der Waals surface area (Å²) in [5.74, 6) is 1.07. The molecule has 0 spiro atoms. The van der Waals surface area contributed by atoms with Crippen LogP contribution in [0.2, 0.25) is 0 Å². The Morgan fingerprint density at radius 2 is 2.19 bits per heavy atom. The monoisotopic (exact) mass is 215 g/mol. The molecule has 84 valence electrons. The van der Waals surface area contributed by atoms with Crippen molar-refractivity contribution in [2.75, 3.05) is 5.73 Å². The Kier molecular flexibility index (Phi) is 2.95. The van der Waals surface area contributed by atoms with Crippen molar-refractivity contribution >= 4 is 5.69 Å². The number of nitrogens with two attached hydrogens (primary N) is 1. The standard InChI is InChI=1S/C13H17N3/c1-3-4-13-15-7-8-16(13)12-9-10(2)5-6-11(12)14/h5-9H,3-4,14H2,1-2H3. The van der Waals surface area contributed by atoms with E-state index in [1.807, 2.05) is 24.5 Å². The summed E-state index contributed by atoms with van der Waals surface area (Å²) in [5, 5.41) is 0. The van der Waals surface area contributed by atoms with E-state index in [2.05, 4.69) is 29.5 Å². The van der Waals surface area contributed by atoms with Gasteiger partial charge < -0.3 is 10.3 Å². The molecule has 0 bridgehead atoms. The fourth-order valence-corrected chi connectivity index (χ4v) is 1.82. The molecule has 1 aromatic heterocycles. The quantitative estimate of drug-likeness (QED) is 0.800. The van der Waals surface area contributed by atoms with Crippen LogP contribution in [0.15, 0.2) is 30.6 Å². The van der Waals surface area contributed by atoms with E-state index in [0.29, 0.717) is 0 Å². The van der Waals surface area contributed by atoms with Crippen molar-refractivity contribution in [2.45, 2.75) is 26.7 Å². The van der Waals surface area contributed by atoms with Gasteiger partial charge in [-0.3, -0.25) is 0 Å². The molecule has 0 radical (unpaired) electrons. The van der Waals surface area contributed by atoms with E-state index < -0.39 is 0 Å². The molecule has 0 aliphatic heterocycles. The highest BCUT2D eigenvalue weighted by atomic mass is 15.1. The van der Waals surface area contributed by atoms with Gasteiger partial charge in [-0.1, -0.05) is 13.0 Å². The second-order valence-electron chi connectivity index (χ2n) is 4.03. The lowest BCUT2D eigenvalue weighted by Crippen LogP contribution is -2.03. The van der Waals surface area contributed by atoms with Gasteiger partial charge in [0, 0.05) is 18.8 Å². The zero-order chi connectivity index (χ0) is 11.5. The number of hydrogen-bond acceptors (Lipinski definition) is 2. The van der Waals surface area contributed by atoms with Crippen LogP contribution in [0, 0.1) is 6.92 Å². The average molecular weight is 215 g/mol. The van der Waals surface area contributed by atoms with Gasteiger partial charge in [0.25, 0.3) is 0 Å². The van der Waals surface area contributed by atoms with Crippen LogP contribution in [-0.2, 0) is 6.42 Å². The number of nitrogens with zero attached hydrogens (tertiary/aromatic N) is 2. The molecule has 0 saturated carbocycles. The van der Waals surface area contributed by atoms with Crippen molar-refractivity contribution in [3.8, 4) is 5.69 Å². The molecule has 0 aliphatic rings. The molecule has 16 heavy (non-hydrogen) atoms. The first kappa shape index (κ1) is 10.7. The Morgan fingerprint density at radius 3 is 2.94 bits per heavy atom. The smallest absolute Gasteiger partial charge is 0.113 e. The number of hydrogen-bond donors (Lipinski definition) is 1. The van der Waals surface area contributed by atoms with Crippen LogP contribution in [0.5, 0.6) is 0 Å². The highest BCUT2D eigenvalue weighted by Crippen LogP contribution is 2.20. The van der Waals surface area contributed by atoms with Gasteiger partial charge in [0.2, 0.25) is 0 Å². The summed E-state index contributed by atoms with van der Waals surface area (Å²) >= 11 is 0. The molecule has 0 saturated heterocycles. The minimum Gasteiger partial charge on any atom is -0.397 e. The molecule has 1 aromatic carbocycles. The van der Waals surface area contributed by atoms with Gasteiger partial charge in [-0.25, -0.2) is 4.98 Å². The Labute approximate surface area is 95.9 Å². The SMILES string of the molecule is CCCc1nccn1-c1cc(C)ccc1N. The van der Waals surface area contributed by atoms with Crippen LogP contribution >= 0.6 is 0 Å². The lowest BCUT2D eigenvalue weighted by atomic mass is 10.2. The maximum atomic E-state index is 6.00. The maximum absolute atomic E-state index is 6.00. The highest BCUT2D eigenvalue weighted by Gasteiger charge is 2.07. The van der Waals surface area contributed by atoms with Gasteiger partial charge in [-0.2, -0.15) is 0 Å². The van der Waals surface area contributed by atoms with Crippen molar-refractivity contribution < 1.29 is 0 Å². The van der Waals surface area contributed by atoms with E-state index in [1.165, 1.54) is 5.56 Å². The molecule has 0 atom stereocenters. The summed E-state index contributed by atoms with van der Waals surface area (Å²) in [7, 11) is 0. The van der Waals surface area contributed by atoms with Crippen molar-refractivity contribution in [3.63, 3.8) is 0 Å². The summed E-state index contributed by atoms with van der Waals surface area (Å²) in [6.07, 6.45) is 5.85. The number of benzene rings is 1. The third kappa shape index (κ3) is 1.94. The fraction of sp³-hybridized carbons (Fsp3) is 0.308. The number of aryl methyl sites for hydroxylation is 2. The highest BCUT2D eigenvalue weighted by molar-refractivity contribution is 5.59. The van der Waals surface area contributed by atoms with Gasteiger partial charge in [0.05, 0.1) is 11.4 Å². The third-order valence-corrected chi connectivity index (χ3v) is 2.64. The summed E-state index contributed by atoms with van der Waals surface area (Å²) in [6, 6.07) is 6.06. The van der Waals surface area contributed by atoms with E-state index in [4.69, 9.17) is 5.73 Å². The number of rotatable bonds is 3. The molecule has 0 aliphatic carbocycles. The average Bonchev–Trinajstić information content (AvgIpc) is 2.70. The first-order valence-electron chi connectivity index (χ1n) is 5.61. The fourth-order valence-electron chi connectivity index (χ4n) is 1.82. The van der Waals surface area contributed by atoms with Crippen molar-refractivity contribution in [1.82, 2.24) is 9.55 Å². The summed E-state index contributed by atoms with van der Waals surface area (Å²) in [6.45, 7) is 4.22. The molecule has 1 heterocycles. The number of aromatic nitrogens is 2. The van der Waals surface area contributed by atoms with Crippen molar-refractivity contribution in [2.24, 2.45) is 0 Å². The first-order chi connectivity index (χ1) is 7.72. The summed E-state index contributed by atoms with van der Waals surface area (Å²) in [5.41, 5.74) is 9.03. The Morgan fingerprint density at radius 1 is 1.38 bits per heavy atom. The number of imidazole rings is 1. The molecule has 0 amide bonds. The normalized spacial score (nSPS) is 10.6. The summed E-state index contributed by atoms with van der Waals surface area (Å²) in [4.78, 5) is 4.36. The molecule has 2 aromatic rings. The molecule has 0 unspecified atom stereocenters. The molecular weight excluding hydrogens is 198 g/mol. The minimum atomic E-state index is 0.793. The van der Waals surface area contributed by atoms with E-state index in [-0.39, 0.29) is 0 Å². The van der Waals surface area contributed by atoms with E-state index >= 15 is 0 Å². The van der Waals surface area contributed by atoms with Gasteiger partial charge in [-0.15, -0.1) is 0 Å². The molecular formula is C13H17N3. The largest absolute Gasteiger partial charge is 0.397 e. The van der Waals surface area contributed by atoms with E-state index in [1.54, 1.807) is 0 Å². The van der Waals surface area contributed by atoms with Crippen LogP contribution in [-0.4, -0.2) is 9.55 Å². The second-order valence-corrected chi connectivity index (χ2v) is 4.03. The van der Waals surface area contributed by atoms with Gasteiger partial charge in [0.15, 0.2) is 0 Å². The van der Waals surface area contributed by atoms with Crippen molar-refractivity contribution in [1.29, 1.82) is 0 Å². The zero-order valence-electron chi connectivity index (χ0n) is 9.77. The lowest BCUT2D eigenvalue weighted by Gasteiger charge is -2.10. The zero-order valence-corrected chi connectivity index (χ0v) is 9.77. The Balaban J connectivity index is 2.49. The molecule has 0 fully saturated rings. The first-order valence-corrected chi connectivity index (χ1v) is 5.61. The van der Waals surface area contributed by atoms with Crippen molar-refractivity contribution in [3.05, 3.63) is 42.0 Å². The second kappa shape index (κ2) is 4.39. The molecule has 2 rings (SSSR count). The van der Waals surface area contributed by atoms with E-state index in [0.717, 1.165) is 30.0 Å². The van der Waals surface area contributed by atoms with Crippen LogP contribution in [0.1, 0.15) is 24.7 Å². The van der Waals surface area contributed by atoms with E-state index in [9.17, 15) is 0 Å².